The van der Waals surface area contributed by atoms with Gasteiger partial charge in [0.1, 0.15) is 12.0 Å². The second-order valence-corrected chi connectivity index (χ2v) is 6.23. The molecule has 1 spiro atoms. The van der Waals surface area contributed by atoms with Crippen LogP contribution >= 0.6 is 0 Å². The molecule has 4 fully saturated rings. The minimum Gasteiger partial charge on any atom is -0.466 e. The van der Waals surface area contributed by atoms with Crippen molar-refractivity contribution >= 4 is 18.4 Å². The number of carbonyl (C=O) groups excluding carboxylic acids is 3. The molecule has 132 valence electrons. The van der Waals surface area contributed by atoms with Crippen LogP contribution in [0.1, 0.15) is 26.2 Å². The van der Waals surface area contributed by atoms with Crippen LogP contribution in [0.15, 0.2) is 0 Å². The monoisotopic (exact) mass is 342 g/mol. The molecular formula is C15H18O9. The summed E-state index contributed by atoms with van der Waals surface area (Å²) in [5.41, 5.74) is 0. The molecule has 0 aromatic carbocycles. The van der Waals surface area contributed by atoms with Crippen LogP contribution in [-0.2, 0) is 42.8 Å². The molecular weight excluding hydrogens is 324 g/mol. The lowest BCUT2D eigenvalue weighted by Crippen LogP contribution is -2.43. The van der Waals surface area contributed by atoms with Gasteiger partial charge < -0.3 is 28.4 Å². The molecule has 0 bridgehead atoms. The van der Waals surface area contributed by atoms with Gasteiger partial charge in [0.05, 0.1) is 6.61 Å². The third-order valence-corrected chi connectivity index (χ3v) is 4.96. The second-order valence-electron chi connectivity index (χ2n) is 6.23. The van der Waals surface area contributed by atoms with Crippen LogP contribution in [0.2, 0.25) is 0 Å². The van der Waals surface area contributed by atoms with Crippen LogP contribution in [0.3, 0.4) is 0 Å². The summed E-state index contributed by atoms with van der Waals surface area (Å²) in [5.74, 6) is -2.68. The highest BCUT2D eigenvalue weighted by atomic mass is 16.9. The zero-order chi connectivity index (χ0) is 16.9. The Hall–Kier alpha value is -1.71. The highest BCUT2D eigenvalue weighted by molar-refractivity contribution is 5.79. The summed E-state index contributed by atoms with van der Waals surface area (Å²) in [7, 11) is 0. The lowest BCUT2D eigenvalue weighted by molar-refractivity contribution is -0.250. The fourth-order valence-corrected chi connectivity index (χ4v) is 4.00. The molecule has 7 unspecified atom stereocenters. The van der Waals surface area contributed by atoms with E-state index in [1.165, 1.54) is 0 Å². The van der Waals surface area contributed by atoms with Gasteiger partial charge in [0, 0.05) is 6.42 Å². The lowest BCUT2D eigenvalue weighted by Gasteiger charge is -2.30. The van der Waals surface area contributed by atoms with E-state index in [-0.39, 0.29) is 19.0 Å². The third-order valence-electron chi connectivity index (χ3n) is 4.96. The average Bonchev–Trinajstić information content (AvgIpc) is 3.25. The first-order valence-electron chi connectivity index (χ1n) is 8.07. The van der Waals surface area contributed by atoms with Crippen LogP contribution in [0.25, 0.3) is 0 Å². The van der Waals surface area contributed by atoms with Gasteiger partial charge in [-0.1, -0.05) is 0 Å². The first kappa shape index (κ1) is 15.8. The van der Waals surface area contributed by atoms with Gasteiger partial charge in [0.25, 0.3) is 6.47 Å². The molecule has 7 atom stereocenters. The Morgan fingerprint density at radius 1 is 1.33 bits per heavy atom. The molecule has 9 nitrogen and oxygen atoms in total. The van der Waals surface area contributed by atoms with Gasteiger partial charge in [-0.2, -0.15) is 0 Å². The summed E-state index contributed by atoms with van der Waals surface area (Å²) in [5, 5.41) is 0. The van der Waals surface area contributed by atoms with Crippen molar-refractivity contribution in [2.24, 2.45) is 5.92 Å². The Bertz CT molecular complexity index is 563. The molecule has 3 heterocycles. The Morgan fingerprint density at radius 3 is 2.92 bits per heavy atom. The Morgan fingerprint density at radius 2 is 2.17 bits per heavy atom. The average molecular weight is 342 g/mol. The third kappa shape index (κ3) is 2.15. The smallest absolute Gasteiger partial charge is 0.350 e. The van der Waals surface area contributed by atoms with Crippen molar-refractivity contribution < 1.29 is 42.8 Å². The summed E-state index contributed by atoms with van der Waals surface area (Å²) < 4.78 is 32.7. The van der Waals surface area contributed by atoms with Crippen LogP contribution < -0.4 is 0 Å². The zero-order valence-corrected chi connectivity index (χ0v) is 13.0. The van der Waals surface area contributed by atoms with Gasteiger partial charge in [-0.3, -0.25) is 9.59 Å². The molecule has 0 amide bonds. The minimum absolute atomic E-state index is 0.183. The highest BCUT2D eigenvalue weighted by Gasteiger charge is 2.68. The Balaban J connectivity index is 1.51. The molecule has 0 aromatic heterocycles. The van der Waals surface area contributed by atoms with E-state index in [1.807, 2.05) is 0 Å². The van der Waals surface area contributed by atoms with Gasteiger partial charge in [-0.25, -0.2) is 4.79 Å². The summed E-state index contributed by atoms with van der Waals surface area (Å²) >= 11 is 0. The summed E-state index contributed by atoms with van der Waals surface area (Å²) in [6.45, 7) is 2.20. The van der Waals surface area contributed by atoms with Crippen molar-refractivity contribution in [2.75, 3.05) is 6.61 Å². The van der Waals surface area contributed by atoms with Crippen LogP contribution in [0.5, 0.6) is 0 Å². The largest absolute Gasteiger partial charge is 0.466 e. The van der Waals surface area contributed by atoms with E-state index in [4.69, 9.17) is 28.4 Å². The molecule has 1 saturated carbocycles. The maximum atomic E-state index is 12.2. The van der Waals surface area contributed by atoms with E-state index in [2.05, 4.69) is 0 Å². The van der Waals surface area contributed by atoms with Gasteiger partial charge in [0.15, 0.2) is 24.3 Å². The van der Waals surface area contributed by atoms with Gasteiger partial charge in [0.2, 0.25) is 6.10 Å². The topological polar surface area (TPSA) is 107 Å². The molecule has 4 aliphatic rings. The number of ether oxygens (including phenoxy) is 6. The number of fused-ring (bicyclic) bond motifs is 3. The van der Waals surface area contributed by atoms with Crippen LogP contribution in [0.4, 0.5) is 0 Å². The minimum atomic E-state index is -1.12. The van der Waals surface area contributed by atoms with Crippen molar-refractivity contribution in [3.05, 3.63) is 0 Å². The Kier molecular flexibility index (Phi) is 3.74. The first-order valence-corrected chi connectivity index (χ1v) is 8.07. The molecule has 3 saturated heterocycles. The molecule has 24 heavy (non-hydrogen) atoms. The predicted octanol–water partition coefficient (Wildman–Crippen LogP) is -0.347. The predicted molar refractivity (Wildman–Crippen MR) is 72.1 cm³/mol. The fourth-order valence-electron chi connectivity index (χ4n) is 4.00. The second kappa shape index (κ2) is 5.68. The number of carbonyl (C=O) groups is 3. The quantitative estimate of drug-likeness (QED) is 0.385. The van der Waals surface area contributed by atoms with Gasteiger partial charge in [-0.05, 0) is 19.8 Å². The van der Waals surface area contributed by atoms with E-state index in [0.717, 1.165) is 6.42 Å². The summed E-state index contributed by atoms with van der Waals surface area (Å²) in [4.78, 5) is 34.5. The molecule has 0 N–H and O–H groups in total. The number of esters is 2. The normalized spacial score (nSPS) is 45.8. The maximum absolute atomic E-state index is 12.2. The number of hydrogen-bond acceptors (Lipinski definition) is 9. The van der Waals surface area contributed by atoms with Crippen LogP contribution in [0, 0.1) is 5.92 Å². The molecule has 1 aliphatic carbocycles. The first-order chi connectivity index (χ1) is 11.6. The highest BCUT2D eigenvalue weighted by Crippen LogP contribution is 2.51. The summed E-state index contributed by atoms with van der Waals surface area (Å²) in [6, 6.07) is 0. The molecule has 9 heteroatoms. The molecule has 0 radical (unpaired) electrons. The maximum Gasteiger partial charge on any atom is 0.350 e. The van der Waals surface area contributed by atoms with E-state index in [9.17, 15) is 14.4 Å². The van der Waals surface area contributed by atoms with Crippen LogP contribution in [-0.4, -0.2) is 61.5 Å². The number of rotatable bonds is 4. The summed E-state index contributed by atoms with van der Waals surface area (Å²) in [6.07, 6.45) is -2.16. The van der Waals surface area contributed by atoms with E-state index in [1.54, 1.807) is 6.92 Å². The van der Waals surface area contributed by atoms with Crippen molar-refractivity contribution in [2.45, 2.75) is 62.7 Å². The van der Waals surface area contributed by atoms with Crippen molar-refractivity contribution in [1.29, 1.82) is 0 Å². The zero-order valence-electron chi connectivity index (χ0n) is 13.0. The standard InChI is InChI=1S/C15H18O9/c1-2-19-12(17)7-4-3-5-15(7)23-11-9-8(22-14(11)24-15)10(20-6-16)13(18)21-9/h6-11,14H,2-5H2,1H3. The van der Waals surface area contributed by atoms with Gasteiger partial charge >= 0.3 is 11.9 Å². The Labute approximate surface area is 137 Å². The van der Waals surface area contributed by atoms with E-state index in [0.29, 0.717) is 12.8 Å². The molecule has 0 aromatic rings. The van der Waals surface area contributed by atoms with Crippen molar-refractivity contribution in [3.63, 3.8) is 0 Å². The van der Waals surface area contributed by atoms with Crippen molar-refractivity contribution in [1.82, 2.24) is 0 Å². The molecule has 4 rings (SSSR count). The SMILES string of the molecule is CCOC(=O)C1CCCC12OC1OC3C(OC=O)C(=O)OC3C1O2. The van der Waals surface area contributed by atoms with E-state index < -0.39 is 48.4 Å². The van der Waals surface area contributed by atoms with Crippen molar-refractivity contribution in [3.8, 4) is 0 Å². The fraction of sp³-hybridized carbons (Fsp3) is 0.800. The lowest BCUT2D eigenvalue weighted by atomic mass is 10.0. The van der Waals surface area contributed by atoms with Gasteiger partial charge in [-0.15, -0.1) is 0 Å². The number of hydrogen-bond donors (Lipinski definition) is 0. The van der Waals surface area contributed by atoms with E-state index >= 15 is 0 Å². The molecule has 3 aliphatic heterocycles.